The Balaban J connectivity index is 1.69. The molecule has 0 saturated carbocycles. The highest BCUT2D eigenvalue weighted by Crippen LogP contribution is 2.31. The SMILES string of the molecule is CCCCc1nc2ccc(S(=O)(=O)CCCC)cc2n1Cc1ccc(-c2ccccc2OC(=O)O)cc1. The largest absolute Gasteiger partial charge is 0.511 e. The molecular weight excluding hydrogens is 488 g/mol. The maximum absolute atomic E-state index is 12.9. The summed E-state index contributed by atoms with van der Waals surface area (Å²) >= 11 is 0. The van der Waals surface area contributed by atoms with Crippen LogP contribution in [0, 0.1) is 0 Å². The van der Waals surface area contributed by atoms with Gasteiger partial charge in [0.2, 0.25) is 0 Å². The number of carbonyl (C=O) groups is 1. The Bertz CT molecular complexity index is 1490. The zero-order valence-electron chi connectivity index (χ0n) is 21.2. The molecule has 0 aliphatic rings. The highest BCUT2D eigenvalue weighted by atomic mass is 32.2. The summed E-state index contributed by atoms with van der Waals surface area (Å²) in [6, 6.07) is 20.1. The zero-order chi connectivity index (χ0) is 26.4. The van der Waals surface area contributed by atoms with Crippen molar-refractivity contribution in [3.8, 4) is 16.9 Å². The summed E-state index contributed by atoms with van der Waals surface area (Å²) < 4.78 is 32.8. The lowest BCUT2D eigenvalue weighted by atomic mass is 10.0. The number of fused-ring (bicyclic) bond motifs is 1. The van der Waals surface area contributed by atoms with Gasteiger partial charge in [0.1, 0.15) is 11.6 Å². The van der Waals surface area contributed by atoms with Crippen LogP contribution in [0.5, 0.6) is 5.75 Å². The van der Waals surface area contributed by atoms with Crippen LogP contribution in [0.25, 0.3) is 22.2 Å². The van der Waals surface area contributed by atoms with Gasteiger partial charge in [-0.05, 0) is 48.2 Å². The van der Waals surface area contributed by atoms with Crippen LogP contribution in [0.2, 0.25) is 0 Å². The summed E-state index contributed by atoms with van der Waals surface area (Å²) in [6.45, 7) is 4.66. The molecule has 37 heavy (non-hydrogen) atoms. The van der Waals surface area contributed by atoms with Crippen LogP contribution >= 0.6 is 0 Å². The van der Waals surface area contributed by atoms with E-state index in [9.17, 15) is 13.2 Å². The fraction of sp³-hybridized carbons (Fsp3) is 0.310. The first-order chi connectivity index (χ1) is 17.8. The minimum Gasteiger partial charge on any atom is -0.449 e. The molecule has 194 valence electrons. The van der Waals surface area contributed by atoms with Crippen molar-refractivity contribution < 1.29 is 23.1 Å². The molecule has 0 aliphatic heterocycles. The van der Waals surface area contributed by atoms with Crippen LogP contribution in [0.15, 0.2) is 71.6 Å². The number of hydrogen-bond acceptors (Lipinski definition) is 5. The van der Waals surface area contributed by atoms with Crippen molar-refractivity contribution in [3.63, 3.8) is 0 Å². The Hall–Kier alpha value is -3.65. The smallest absolute Gasteiger partial charge is 0.449 e. The van der Waals surface area contributed by atoms with E-state index in [-0.39, 0.29) is 11.5 Å². The van der Waals surface area contributed by atoms with E-state index < -0.39 is 16.0 Å². The number of ether oxygens (including phenoxy) is 1. The molecule has 0 unspecified atom stereocenters. The molecule has 4 aromatic rings. The Kier molecular flexibility index (Phi) is 8.28. The van der Waals surface area contributed by atoms with E-state index in [0.717, 1.165) is 53.7 Å². The summed E-state index contributed by atoms with van der Waals surface area (Å²) in [6.07, 6.45) is 2.93. The summed E-state index contributed by atoms with van der Waals surface area (Å²) in [5.74, 6) is 1.35. The summed E-state index contributed by atoms with van der Waals surface area (Å²) in [5, 5.41) is 9.04. The van der Waals surface area contributed by atoms with E-state index in [1.54, 1.807) is 24.3 Å². The Labute approximate surface area is 217 Å². The number of unbranched alkanes of at least 4 members (excludes halogenated alkanes) is 2. The van der Waals surface area contributed by atoms with Gasteiger partial charge in [-0.3, -0.25) is 0 Å². The molecule has 1 N–H and O–H groups in total. The van der Waals surface area contributed by atoms with Gasteiger partial charge >= 0.3 is 6.16 Å². The molecule has 0 bridgehead atoms. The first-order valence-electron chi connectivity index (χ1n) is 12.6. The molecule has 0 amide bonds. The van der Waals surface area contributed by atoms with Crippen LogP contribution in [-0.4, -0.2) is 35.0 Å². The van der Waals surface area contributed by atoms with Crippen molar-refractivity contribution in [2.45, 2.75) is 57.4 Å². The quantitative estimate of drug-likeness (QED) is 0.174. The number of benzene rings is 3. The van der Waals surface area contributed by atoms with Gasteiger partial charge in [0.25, 0.3) is 0 Å². The number of rotatable bonds is 11. The standard InChI is InChI=1S/C29H32N2O5S/c1-3-5-11-28-30-25-17-16-23(37(34,35)18-6-4-2)19-26(25)31(28)20-21-12-14-22(15-13-21)24-9-7-8-10-27(24)36-29(32)33/h7-10,12-17,19H,3-6,11,18,20H2,1-2H3,(H,32,33). The third kappa shape index (κ3) is 6.20. The molecule has 0 spiro atoms. The second-order valence-corrected chi connectivity index (χ2v) is 11.2. The molecular formula is C29H32N2O5S. The van der Waals surface area contributed by atoms with Crippen molar-refractivity contribution in [1.29, 1.82) is 0 Å². The third-order valence-electron chi connectivity index (χ3n) is 6.37. The molecule has 1 heterocycles. The maximum Gasteiger partial charge on any atom is 0.511 e. The highest BCUT2D eigenvalue weighted by Gasteiger charge is 2.18. The molecule has 8 heteroatoms. The van der Waals surface area contributed by atoms with Crippen molar-refractivity contribution in [3.05, 3.63) is 78.1 Å². The van der Waals surface area contributed by atoms with Crippen molar-refractivity contribution in [2.24, 2.45) is 0 Å². The molecule has 3 aromatic carbocycles. The number of imidazole rings is 1. The van der Waals surface area contributed by atoms with Crippen LogP contribution in [0.4, 0.5) is 4.79 Å². The van der Waals surface area contributed by atoms with E-state index in [4.69, 9.17) is 14.8 Å². The minimum atomic E-state index is -3.35. The lowest BCUT2D eigenvalue weighted by molar-refractivity contribution is 0.144. The second kappa shape index (κ2) is 11.6. The van der Waals surface area contributed by atoms with Gasteiger partial charge < -0.3 is 14.4 Å². The van der Waals surface area contributed by atoms with Crippen molar-refractivity contribution in [2.75, 3.05) is 5.75 Å². The number of carboxylic acid groups (broad SMARTS) is 1. The summed E-state index contributed by atoms with van der Waals surface area (Å²) in [5.41, 5.74) is 4.16. The van der Waals surface area contributed by atoms with Gasteiger partial charge in [0.05, 0.1) is 21.7 Å². The maximum atomic E-state index is 12.9. The van der Waals surface area contributed by atoms with Gasteiger partial charge in [-0.1, -0.05) is 69.2 Å². The first kappa shape index (κ1) is 26.4. The molecule has 7 nitrogen and oxygen atoms in total. The molecule has 0 fully saturated rings. The van der Waals surface area contributed by atoms with E-state index in [2.05, 4.69) is 11.5 Å². The van der Waals surface area contributed by atoms with Gasteiger partial charge in [-0.25, -0.2) is 18.2 Å². The third-order valence-corrected chi connectivity index (χ3v) is 8.17. The number of aryl methyl sites for hydroxylation is 1. The number of sulfone groups is 1. The average molecular weight is 521 g/mol. The van der Waals surface area contributed by atoms with Gasteiger partial charge in [0, 0.05) is 18.5 Å². The summed E-state index contributed by atoms with van der Waals surface area (Å²) in [4.78, 5) is 16.2. The lowest BCUT2D eigenvalue weighted by Crippen LogP contribution is -2.08. The van der Waals surface area contributed by atoms with E-state index >= 15 is 0 Å². The normalized spacial score (nSPS) is 11.6. The fourth-order valence-corrected chi connectivity index (χ4v) is 5.83. The molecule has 0 atom stereocenters. The monoisotopic (exact) mass is 520 g/mol. The summed E-state index contributed by atoms with van der Waals surface area (Å²) in [7, 11) is -3.35. The van der Waals surface area contributed by atoms with E-state index in [1.165, 1.54) is 0 Å². The van der Waals surface area contributed by atoms with Gasteiger partial charge in [0.15, 0.2) is 9.84 Å². The van der Waals surface area contributed by atoms with Crippen LogP contribution in [0.1, 0.15) is 50.9 Å². The average Bonchev–Trinajstić information content (AvgIpc) is 3.23. The number of hydrogen-bond donors (Lipinski definition) is 1. The Morgan fingerprint density at radius 3 is 2.41 bits per heavy atom. The van der Waals surface area contributed by atoms with Gasteiger partial charge in [-0.15, -0.1) is 0 Å². The van der Waals surface area contributed by atoms with Crippen LogP contribution in [0.3, 0.4) is 0 Å². The Morgan fingerprint density at radius 1 is 0.973 bits per heavy atom. The van der Waals surface area contributed by atoms with E-state index in [0.29, 0.717) is 23.4 Å². The highest BCUT2D eigenvalue weighted by molar-refractivity contribution is 7.91. The Morgan fingerprint density at radius 2 is 1.70 bits per heavy atom. The topological polar surface area (TPSA) is 98.5 Å². The van der Waals surface area contributed by atoms with Crippen molar-refractivity contribution in [1.82, 2.24) is 9.55 Å². The van der Waals surface area contributed by atoms with Gasteiger partial charge in [-0.2, -0.15) is 0 Å². The molecule has 0 radical (unpaired) electrons. The predicted molar refractivity (Wildman–Crippen MR) is 145 cm³/mol. The fourth-order valence-electron chi connectivity index (χ4n) is 4.36. The zero-order valence-corrected chi connectivity index (χ0v) is 22.0. The van der Waals surface area contributed by atoms with E-state index in [1.807, 2.05) is 49.4 Å². The van der Waals surface area contributed by atoms with Crippen LogP contribution in [-0.2, 0) is 22.8 Å². The predicted octanol–water partition coefficient (Wildman–Crippen LogP) is 6.72. The first-order valence-corrected chi connectivity index (χ1v) is 14.3. The number of aromatic nitrogens is 2. The number of para-hydroxylation sites is 1. The molecule has 1 aromatic heterocycles. The minimum absolute atomic E-state index is 0.139. The second-order valence-electron chi connectivity index (χ2n) is 9.10. The molecule has 0 aliphatic carbocycles. The molecule has 0 saturated heterocycles. The van der Waals surface area contributed by atoms with Crippen molar-refractivity contribution >= 4 is 27.0 Å². The number of nitrogens with zero attached hydrogens (tertiary/aromatic N) is 2. The van der Waals surface area contributed by atoms with Crippen LogP contribution < -0.4 is 4.74 Å². The molecule has 4 rings (SSSR count). The lowest BCUT2D eigenvalue weighted by Gasteiger charge is -2.12.